The number of rotatable bonds is 10. The molecule has 0 aromatic heterocycles. The van der Waals surface area contributed by atoms with Crippen LogP contribution in [0.3, 0.4) is 0 Å². The fourth-order valence-corrected chi connectivity index (χ4v) is 3.32. The van der Waals surface area contributed by atoms with E-state index < -0.39 is 12.1 Å². The predicted octanol–water partition coefficient (Wildman–Crippen LogP) is 1.40. The van der Waals surface area contributed by atoms with Crippen LogP contribution in [0.15, 0.2) is 18.2 Å². The first-order chi connectivity index (χ1) is 12.6. The van der Waals surface area contributed by atoms with Crippen molar-refractivity contribution in [3.05, 3.63) is 28.8 Å². The van der Waals surface area contributed by atoms with E-state index in [1.165, 1.54) is 25.7 Å². The number of likely N-dealkylation sites (tertiary alicyclic amines) is 1. The van der Waals surface area contributed by atoms with Crippen molar-refractivity contribution < 1.29 is 20.1 Å². The zero-order valence-electron chi connectivity index (χ0n) is 15.2. The number of nitrogens with zero attached hydrogens (tertiary/aromatic N) is 1. The molecule has 1 unspecified atom stereocenters. The summed E-state index contributed by atoms with van der Waals surface area (Å²) in [4.78, 5) is 2.30. The van der Waals surface area contributed by atoms with E-state index in [0.717, 1.165) is 18.7 Å². The minimum atomic E-state index is -0.549. The Balaban J connectivity index is 1.87. The summed E-state index contributed by atoms with van der Waals surface area (Å²) in [6, 6.07) is 4.93. The number of β-amino-alcohol motifs (C(OH)–C–C–N with tert-alkyl or cyclic N) is 1. The van der Waals surface area contributed by atoms with Gasteiger partial charge in [-0.3, -0.25) is 0 Å². The normalized spacial score (nSPS) is 17.3. The van der Waals surface area contributed by atoms with Gasteiger partial charge in [0.05, 0.1) is 19.3 Å². The third-order valence-electron chi connectivity index (χ3n) is 4.64. The molecule has 1 aromatic rings. The van der Waals surface area contributed by atoms with Crippen LogP contribution in [-0.2, 0) is 6.54 Å². The Labute approximate surface area is 160 Å². The second kappa shape index (κ2) is 11.7. The summed E-state index contributed by atoms with van der Waals surface area (Å²) in [5, 5.41) is 32.3. The first-order valence-electron chi connectivity index (χ1n) is 9.39. The van der Waals surface area contributed by atoms with Crippen LogP contribution in [0.4, 0.5) is 0 Å². The zero-order chi connectivity index (χ0) is 18.8. The van der Waals surface area contributed by atoms with Crippen LogP contribution in [0.25, 0.3) is 0 Å². The Morgan fingerprint density at radius 3 is 2.46 bits per heavy atom. The molecule has 1 atom stereocenters. The Hall–Kier alpha value is -0.890. The van der Waals surface area contributed by atoms with Crippen LogP contribution in [0.1, 0.15) is 31.2 Å². The highest BCUT2D eigenvalue weighted by Crippen LogP contribution is 2.23. The van der Waals surface area contributed by atoms with Gasteiger partial charge in [-0.1, -0.05) is 24.4 Å². The molecule has 7 heteroatoms. The van der Waals surface area contributed by atoms with E-state index in [1.807, 2.05) is 0 Å². The average molecular weight is 387 g/mol. The van der Waals surface area contributed by atoms with E-state index in [1.54, 1.807) is 18.2 Å². The van der Waals surface area contributed by atoms with Gasteiger partial charge in [-0.25, -0.2) is 0 Å². The van der Waals surface area contributed by atoms with Gasteiger partial charge in [0.1, 0.15) is 18.5 Å². The SMILES string of the molecule is OCC(CO)NCc1cc(Cl)ccc1OCC(O)CN1CCCCCC1. The van der Waals surface area contributed by atoms with Crippen molar-refractivity contribution in [1.29, 1.82) is 0 Å². The van der Waals surface area contributed by atoms with Gasteiger partial charge in [0.2, 0.25) is 0 Å². The topological polar surface area (TPSA) is 85.2 Å². The van der Waals surface area contributed by atoms with Crippen molar-refractivity contribution in [3.63, 3.8) is 0 Å². The molecular formula is C19H31ClN2O4. The third-order valence-corrected chi connectivity index (χ3v) is 4.88. The van der Waals surface area contributed by atoms with Gasteiger partial charge in [-0.2, -0.15) is 0 Å². The Kier molecular flexibility index (Phi) is 9.67. The number of ether oxygens (including phenoxy) is 1. The molecule has 26 heavy (non-hydrogen) atoms. The maximum absolute atomic E-state index is 10.3. The minimum absolute atomic E-state index is 0.151. The highest BCUT2D eigenvalue weighted by Gasteiger charge is 2.15. The van der Waals surface area contributed by atoms with Crippen molar-refractivity contribution in [1.82, 2.24) is 10.2 Å². The standard InChI is InChI=1S/C19H31ClN2O4/c20-16-5-6-19(15(9-16)10-21-17(12-23)13-24)26-14-18(25)11-22-7-3-1-2-4-8-22/h5-6,9,17-18,21,23-25H,1-4,7-8,10-14H2. The first kappa shape index (κ1) is 21.4. The maximum Gasteiger partial charge on any atom is 0.124 e. The van der Waals surface area contributed by atoms with Crippen LogP contribution in [0.5, 0.6) is 5.75 Å². The largest absolute Gasteiger partial charge is 0.491 e. The summed E-state index contributed by atoms with van der Waals surface area (Å²) in [6.07, 6.45) is 4.38. The fourth-order valence-electron chi connectivity index (χ4n) is 3.12. The molecule has 1 saturated heterocycles. The summed E-state index contributed by atoms with van der Waals surface area (Å²) >= 11 is 6.07. The van der Waals surface area contributed by atoms with E-state index >= 15 is 0 Å². The van der Waals surface area contributed by atoms with E-state index in [9.17, 15) is 5.11 Å². The molecule has 0 bridgehead atoms. The maximum atomic E-state index is 10.3. The number of nitrogens with one attached hydrogen (secondary N) is 1. The number of aliphatic hydroxyl groups is 3. The van der Waals surface area contributed by atoms with E-state index in [-0.39, 0.29) is 19.8 Å². The lowest BCUT2D eigenvalue weighted by Crippen LogP contribution is -2.36. The average Bonchev–Trinajstić information content (AvgIpc) is 2.90. The molecular weight excluding hydrogens is 356 g/mol. The Morgan fingerprint density at radius 1 is 1.12 bits per heavy atom. The second-order valence-electron chi connectivity index (χ2n) is 6.87. The summed E-state index contributed by atoms with van der Waals surface area (Å²) in [7, 11) is 0. The van der Waals surface area contributed by atoms with E-state index in [0.29, 0.717) is 23.9 Å². The van der Waals surface area contributed by atoms with E-state index in [4.69, 9.17) is 26.6 Å². The van der Waals surface area contributed by atoms with Crippen LogP contribution < -0.4 is 10.1 Å². The Bertz CT molecular complexity index is 520. The van der Waals surface area contributed by atoms with Gasteiger partial charge in [-0.05, 0) is 44.1 Å². The molecule has 0 amide bonds. The molecule has 148 valence electrons. The predicted molar refractivity (Wildman–Crippen MR) is 103 cm³/mol. The lowest BCUT2D eigenvalue weighted by molar-refractivity contribution is 0.0689. The molecule has 1 aliphatic rings. The lowest BCUT2D eigenvalue weighted by atomic mass is 10.2. The van der Waals surface area contributed by atoms with Crippen molar-refractivity contribution in [2.45, 2.75) is 44.4 Å². The molecule has 0 saturated carbocycles. The van der Waals surface area contributed by atoms with Crippen molar-refractivity contribution >= 4 is 11.6 Å². The van der Waals surface area contributed by atoms with Gasteiger partial charge < -0.3 is 30.3 Å². The summed E-state index contributed by atoms with van der Waals surface area (Å²) in [5.74, 6) is 0.645. The van der Waals surface area contributed by atoms with Gasteiger partial charge in [-0.15, -0.1) is 0 Å². The van der Waals surface area contributed by atoms with Gasteiger partial charge in [0.15, 0.2) is 0 Å². The molecule has 1 heterocycles. The van der Waals surface area contributed by atoms with E-state index in [2.05, 4.69) is 10.2 Å². The monoisotopic (exact) mass is 386 g/mol. The first-order valence-corrected chi connectivity index (χ1v) is 9.77. The third kappa shape index (κ3) is 7.39. The lowest BCUT2D eigenvalue weighted by Gasteiger charge is -2.23. The van der Waals surface area contributed by atoms with Gasteiger partial charge in [0, 0.05) is 23.7 Å². The molecule has 0 radical (unpaired) electrons. The zero-order valence-corrected chi connectivity index (χ0v) is 16.0. The minimum Gasteiger partial charge on any atom is -0.491 e. The van der Waals surface area contributed by atoms with Crippen molar-refractivity contribution in [2.24, 2.45) is 0 Å². The molecule has 1 aliphatic heterocycles. The van der Waals surface area contributed by atoms with Crippen LogP contribution >= 0.6 is 11.6 Å². The number of halogens is 1. The van der Waals surface area contributed by atoms with Gasteiger partial charge in [0.25, 0.3) is 0 Å². The molecule has 0 spiro atoms. The van der Waals surface area contributed by atoms with Crippen molar-refractivity contribution in [2.75, 3.05) is 39.5 Å². The molecule has 2 rings (SSSR count). The Morgan fingerprint density at radius 2 is 1.81 bits per heavy atom. The molecule has 1 aromatic carbocycles. The molecule has 4 N–H and O–H groups in total. The fraction of sp³-hybridized carbons (Fsp3) is 0.684. The van der Waals surface area contributed by atoms with Crippen LogP contribution in [-0.4, -0.2) is 71.8 Å². The van der Waals surface area contributed by atoms with Gasteiger partial charge >= 0.3 is 0 Å². The number of hydrogen-bond acceptors (Lipinski definition) is 6. The van der Waals surface area contributed by atoms with Crippen molar-refractivity contribution in [3.8, 4) is 5.75 Å². The van der Waals surface area contributed by atoms with Crippen LogP contribution in [0.2, 0.25) is 5.02 Å². The quantitative estimate of drug-likeness (QED) is 0.486. The second-order valence-corrected chi connectivity index (χ2v) is 7.31. The number of aliphatic hydroxyl groups excluding tert-OH is 3. The summed E-state index contributed by atoms with van der Waals surface area (Å²) in [5.41, 5.74) is 0.825. The highest BCUT2D eigenvalue weighted by molar-refractivity contribution is 6.30. The molecule has 0 aliphatic carbocycles. The summed E-state index contributed by atoms with van der Waals surface area (Å²) in [6.45, 7) is 3.02. The number of benzene rings is 1. The summed E-state index contributed by atoms with van der Waals surface area (Å²) < 4.78 is 5.83. The van der Waals surface area contributed by atoms with Crippen LogP contribution in [0, 0.1) is 0 Å². The smallest absolute Gasteiger partial charge is 0.124 e. The number of hydrogen-bond donors (Lipinski definition) is 4. The molecule has 1 fully saturated rings. The highest BCUT2D eigenvalue weighted by atomic mass is 35.5. The molecule has 6 nitrogen and oxygen atoms in total.